The number of aromatic nitrogens is 2. The van der Waals surface area contributed by atoms with Gasteiger partial charge < -0.3 is 9.72 Å². The zero-order valence-corrected chi connectivity index (χ0v) is 16.3. The summed E-state index contributed by atoms with van der Waals surface area (Å²) in [5.41, 5.74) is 4.05. The summed E-state index contributed by atoms with van der Waals surface area (Å²) in [6.45, 7) is 2.46. The van der Waals surface area contributed by atoms with Crippen LogP contribution in [-0.4, -0.2) is 15.3 Å². The number of amides is 1. The maximum absolute atomic E-state index is 12.0. The lowest BCUT2D eigenvalue weighted by molar-refractivity contribution is -0.121. The Morgan fingerprint density at radius 3 is 2.80 bits per heavy atom. The minimum atomic E-state index is 0.0453. The van der Waals surface area contributed by atoms with E-state index in [0.29, 0.717) is 13.0 Å². The molecule has 2 aromatic heterocycles. The fraction of sp³-hybridized carbons (Fsp3) is 0.263. The first-order chi connectivity index (χ1) is 12.0. The first-order valence-electron chi connectivity index (χ1n) is 8.16. The first-order valence-corrected chi connectivity index (χ1v) is 9.33. The molecule has 0 fully saturated rings. The summed E-state index contributed by atoms with van der Waals surface area (Å²) < 4.78 is 2.98. The largest absolute Gasteiger partial charge is 0.350 e. The number of carbonyl (C=O) groups is 1. The van der Waals surface area contributed by atoms with E-state index in [4.69, 9.17) is 11.6 Å². The fourth-order valence-electron chi connectivity index (χ4n) is 2.74. The molecule has 0 saturated carbocycles. The second-order valence-electron chi connectivity index (χ2n) is 6.06. The standard InChI is InChI=1S/C19H19BrClN3O/c1-13-9-15(20)11-24-12-17(23-19(13)24)10-22-18(25)4-2-3-14-5-7-16(21)8-6-14/h5-9,11-12H,2-4,10H2,1H3,(H,22,25). The van der Waals surface area contributed by atoms with Gasteiger partial charge in [-0.2, -0.15) is 0 Å². The van der Waals surface area contributed by atoms with E-state index in [0.717, 1.165) is 39.2 Å². The highest BCUT2D eigenvalue weighted by atomic mass is 79.9. The van der Waals surface area contributed by atoms with E-state index in [2.05, 4.69) is 26.2 Å². The van der Waals surface area contributed by atoms with Crippen LogP contribution in [0.5, 0.6) is 0 Å². The van der Waals surface area contributed by atoms with Gasteiger partial charge in [0.25, 0.3) is 0 Å². The number of halogens is 2. The number of nitrogens with one attached hydrogen (secondary N) is 1. The molecule has 1 aromatic carbocycles. The molecule has 0 aliphatic heterocycles. The minimum Gasteiger partial charge on any atom is -0.350 e. The number of nitrogens with zero attached hydrogens (tertiary/aromatic N) is 2. The number of aryl methyl sites for hydroxylation is 2. The van der Waals surface area contributed by atoms with Crippen molar-refractivity contribution in [3.05, 3.63) is 69.0 Å². The average molecular weight is 421 g/mol. The van der Waals surface area contributed by atoms with Gasteiger partial charge in [0, 0.05) is 28.3 Å². The van der Waals surface area contributed by atoms with Crippen LogP contribution in [0.25, 0.3) is 5.65 Å². The smallest absolute Gasteiger partial charge is 0.220 e. The van der Waals surface area contributed by atoms with Gasteiger partial charge in [0.1, 0.15) is 5.65 Å². The van der Waals surface area contributed by atoms with Gasteiger partial charge >= 0.3 is 0 Å². The van der Waals surface area contributed by atoms with Gasteiger partial charge in [-0.05, 0) is 65.0 Å². The SMILES string of the molecule is Cc1cc(Br)cn2cc(CNC(=O)CCCc3ccc(Cl)cc3)nc12. The number of hydrogen-bond donors (Lipinski definition) is 1. The Balaban J connectivity index is 1.49. The Hall–Kier alpha value is -1.85. The van der Waals surface area contributed by atoms with E-state index in [1.54, 1.807) is 0 Å². The number of imidazole rings is 1. The molecule has 0 radical (unpaired) electrons. The summed E-state index contributed by atoms with van der Waals surface area (Å²) in [5, 5.41) is 3.67. The maximum atomic E-state index is 12.0. The van der Waals surface area contributed by atoms with Gasteiger partial charge in [-0.15, -0.1) is 0 Å². The molecule has 0 aliphatic carbocycles. The zero-order valence-electron chi connectivity index (χ0n) is 13.9. The number of pyridine rings is 1. The summed E-state index contributed by atoms with van der Waals surface area (Å²) in [6, 6.07) is 9.78. The lowest BCUT2D eigenvalue weighted by Gasteiger charge is -2.04. The molecule has 3 aromatic rings. The highest BCUT2D eigenvalue weighted by Crippen LogP contribution is 2.17. The van der Waals surface area contributed by atoms with Gasteiger partial charge in [-0.3, -0.25) is 4.79 Å². The van der Waals surface area contributed by atoms with Crippen LogP contribution >= 0.6 is 27.5 Å². The molecule has 0 spiro atoms. The Morgan fingerprint density at radius 2 is 2.04 bits per heavy atom. The van der Waals surface area contributed by atoms with Gasteiger partial charge in [0.2, 0.25) is 5.91 Å². The van der Waals surface area contributed by atoms with E-state index in [1.165, 1.54) is 5.56 Å². The lowest BCUT2D eigenvalue weighted by atomic mass is 10.1. The maximum Gasteiger partial charge on any atom is 0.220 e. The van der Waals surface area contributed by atoms with Crippen molar-refractivity contribution in [2.45, 2.75) is 32.7 Å². The van der Waals surface area contributed by atoms with Gasteiger partial charge in [-0.1, -0.05) is 23.7 Å². The van der Waals surface area contributed by atoms with Gasteiger partial charge in [0.05, 0.1) is 12.2 Å². The third-order valence-corrected chi connectivity index (χ3v) is 4.69. The third kappa shape index (κ3) is 4.83. The number of hydrogen-bond acceptors (Lipinski definition) is 2. The van der Waals surface area contributed by atoms with Crippen molar-refractivity contribution in [2.75, 3.05) is 0 Å². The lowest BCUT2D eigenvalue weighted by Crippen LogP contribution is -2.22. The van der Waals surface area contributed by atoms with E-state index in [1.807, 2.05) is 54.0 Å². The van der Waals surface area contributed by atoms with Crippen LogP contribution in [-0.2, 0) is 17.8 Å². The van der Waals surface area contributed by atoms with Crippen LogP contribution in [0.2, 0.25) is 5.02 Å². The first kappa shape index (κ1) is 18.0. The molecule has 6 heteroatoms. The van der Waals surface area contributed by atoms with Crippen LogP contribution in [0.1, 0.15) is 29.7 Å². The monoisotopic (exact) mass is 419 g/mol. The predicted octanol–water partition coefficient (Wildman–Crippen LogP) is 4.70. The van der Waals surface area contributed by atoms with Gasteiger partial charge in [0.15, 0.2) is 0 Å². The number of carbonyl (C=O) groups excluding carboxylic acids is 1. The molecule has 0 unspecified atom stereocenters. The Bertz CT molecular complexity index is 890. The summed E-state index contributed by atoms with van der Waals surface area (Å²) >= 11 is 9.35. The minimum absolute atomic E-state index is 0.0453. The molecule has 1 N–H and O–H groups in total. The van der Waals surface area contributed by atoms with E-state index >= 15 is 0 Å². The van der Waals surface area contributed by atoms with Gasteiger partial charge in [-0.25, -0.2) is 4.98 Å². The molecule has 2 heterocycles. The van der Waals surface area contributed by atoms with Crippen molar-refractivity contribution in [1.82, 2.24) is 14.7 Å². The molecule has 0 saturated heterocycles. The summed E-state index contributed by atoms with van der Waals surface area (Å²) in [4.78, 5) is 16.6. The molecule has 0 bridgehead atoms. The van der Waals surface area contributed by atoms with E-state index in [9.17, 15) is 4.79 Å². The Labute approximate surface area is 160 Å². The van der Waals surface area contributed by atoms with Crippen molar-refractivity contribution in [1.29, 1.82) is 0 Å². The van der Waals surface area contributed by atoms with Crippen LogP contribution in [0, 0.1) is 6.92 Å². The number of fused-ring (bicyclic) bond motifs is 1. The highest BCUT2D eigenvalue weighted by molar-refractivity contribution is 9.10. The number of rotatable bonds is 6. The normalized spacial score (nSPS) is 11.0. The molecule has 130 valence electrons. The molecular formula is C19H19BrClN3O. The van der Waals surface area contributed by atoms with Crippen molar-refractivity contribution in [3.8, 4) is 0 Å². The van der Waals surface area contributed by atoms with Crippen molar-refractivity contribution < 1.29 is 4.79 Å². The van der Waals surface area contributed by atoms with E-state index in [-0.39, 0.29) is 5.91 Å². The molecule has 1 amide bonds. The topological polar surface area (TPSA) is 46.4 Å². The Kier molecular flexibility index (Phi) is 5.76. The highest BCUT2D eigenvalue weighted by Gasteiger charge is 2.07. The van der Waals surface area contributed by atoms with Crippen molar-refractivity contribution in [3.63, 3.8) is 0 Å². The van der Waals surface area contributed by atoms with Crippen LogP contribution in [0.3, 0.4) is 0 Å². The molecule has 25 heavy (non-hydrogen) atoms. The summed E-state index contributed by atoms with van der Waals surface area (Å²) in [5.74, 6) is 0.0453. The quantitative estimate of drug-likeness (QED) is 0.628. The molecule has 0 atom stereocenters. The number of benzene rings is 1. The molecular weight excluding hydrogens is 402 g/mol. The van der Waals surface area contributed by atoms with E-state index < -0.39 is 0 Å². The zero-order chi connectivity index (χ0) is 17.8. The van der Waals surface area contributed by atoms with Crippen LogP contribution < -0.4 is 5.32 Å². The molecule has 0 aliphatic rings. The Morgan fingerprint density at radius 1 is 1.28 bits per heavy atom. The second kappa shape index (κ2) is 8.02. The summed E-state index contributed by atoms with van der Waals surface area (Å²) in [6.07, 6.45) is 6.09. The van der Waals surface area contributed by atoms with Crippen molar-refractivity contribution >= 4 is 39.1 Å². The summed E-state index contributed by atoms with van der Waals surface area (Å²) in [7, 11) is 0. The molecule has 3 rings (SSSR count). The van der Waals surface area contributed by atoms with Crippen LogP contribution in [0.4, 0.5) is 0 Å². The van der Waals surface area contributed by atoms with Crippen LogP contribution in [0.15, 0.2) is 47.2 Å². The fourth-order valence-corrected chi connectivity index (χ4v) is 3.43. The predicted molar refractivity (Wildman–Crippen MR) is 104 cm³/mol. The molecule has 4 nitrogen and oxygen atoms in total. The average Bonchev–Trinajstić information content (AvgIpc) is 2.98. The van der Waals surface area contributed by atoms with Crippen molar-refractivity contribution in [2.24, 2.45) is 0 Å². The second-order valence-corrected chi connectivity index (χ2v) is 7.41. The third-order valence-electron chi connectivity index (χ3n) is 4.00.